The van der Waals surface area contributed by atoms with Crippen molar-refractivity contribution in [2.75, 3.05) is 0 Å². The lowest BCUT2D eigenvalue weighted by atomic mass is 9.71. The fourth-order valence-corrected chi connectivity index (χ4v) is 8.08. The molecule has 0 aliphatic heterocycles. The van der Waals surface area contributed by atoms with Crippen LogP contribution >= 0.6 is 11.3 Å². The van der Waals surface area contributed by atoms with Crippen molar-refractivity contribution in [3.05, 3.63) is 174 Å². The molecule has 0 N–H and O–H groups in total. The summed E-state index contributed by atoms with van der Waals surface area (Å²) in [6.45, 7) is 0. The molecule has 0 spiro atoms. The smallest absolute Gasteiger partial charge is 0.164 e. The van der Waals surface area contributed by atoms with Crippen molar-refractivity contribution in [3.63, 3.8) is 0 Å². The van der Waals surface area contributed by atoms with E-state index in [1.54, 1.807) is 11.3 Å². The van der Waals surface area contributed by atoms with Crippen LogP contribution in [0.1, 0.15) is 22.5 Å². The Kier molecular flexibility index (Phi) is 5.59. The van der Waals surface area contributed by atoms with Gasteiger partial charge >= 0.3 is 0 Å². The number of fused-ring (bicyclic) bond motifs is 6. The molecule has 1 aliphatic rings. The van der Waals surface area contributed by atoms with E-state index in [1.807, 2.05) is 18.2 Å². The number of benzene rings is 6. The molecule has 0 radical (unpaired) electrons. The van der Waals surface area contributed by atoms with E-state index in [9.17, 15) is 0 Å². The van der Waals surface area contributed by atoms with E-state index in [-0.39, 0.29) is 0 Å². The third kappa shape index (κ3) is 3.58. The van der Waals surface area contributed by atoms with E-state index in [0.29, 0.717) is 11.6 Å². The Bertz CT molecular complexity index is 2300. The van der Waals surface area contributed by atoms with Gasteiger partial charge < -0.3 is 0 Å². The molecule has 206 valence electrons. The zero-order valence-corrected chi connectivity index (χ0v) is 24.5. The Morgan fingerprint density at radius 2 is 1.00 bits per heavy atom. The predicted octanol–water partition coefficient (Wildman–Crippen LogP) is 9.94. The van der Waals surface area contributed by atoms with Crippen LogP contribution in [-0.4, -0.2) is 15.0 Å². The van der Waals surface area contributed by atoms with Crippen molar-refractivity contribution in [3.8, 4) is 33.9 Å². The van der Waals surface area contributed by atoms with Crippen LogP contribution in [0.2, 0.25) is 0 Å². The third-order valence-corrected chi connectivity index (χ3v) is 9.94. The minimum atomic E-state index is -0.722. The maximum Gasteiger partial charge on any atom is 0.164 e. The molecule has 6 aromatic carbocycles. The maximum absolute atomic E-state index is 5.48. The third-order valence-electron chi connectivity index (χ3n) is 8.81. The zero-order valence-electron chi connectivity index (χ0n) is 23.7. The zero-order chi connectivity index (χ0) is 29.1. The molecule has 2 aromatic heterocycles. The summed E-state index contributed by atoms with van der Waals surface area (Å²) in [4.78, 5) is 16.0. The summed E-state index contributed by atoms with van der Waals surface area (Å²) in [6.07, 6.45) is 0. The predicted molar refractivity (Wildman–Crippen MR) is 181 cm³/mol. The normalized spacial score (nSPS) is 13.2. The summed E-state index contributed by atoms with van der Waals surface area (Å²) in [6, 6.07) is 53.4. The molecule has 0 unspecified atom stereocenters. The summed E-state index contributed by atoms with van der Waals surface area (Å²) >= 11 is 1.81. The molecule has 9 rings (SSSR count). The molecule has 0 saturated heterocycles. The second-order valence-electron chi connectivity index (χ2n) is 11.2. The van der Waals surface area contributed by atoms with Crippen molar-refractivity contribution in [2.24, 2.45) is 0 Å². The van der Waals surface area contributed by atoms with Crippen LogP contribution in [0.25, 0.3) is 54.1 Å². The van der Waals surface area contributed by atoms with E-state index >= 15 is 0 Å². The highest BCUT2D eigenvalue weighted by Gasteiger charge is 2.48. The Morgan fingerprint density at radius 1 is 0.432 bits per heavy atom. The van der Waals surface area contributed by atoms with E-state index in [4.69, 9.17) is 15.0 Å². The van der Waals surface area contributed by atoms with Gasteiger partial charge in [0.05, 0.1) is 0 Å². The van der Waals surface area contributed by atoms with Crippen LogP contribution < -0.4 is 0 Å². The monoisotopic (exact) mass is 579 g/mol. The second-order valence-corrected chi connectivity index (χ2v) is 12.2. The van der Waals surface area contributed by atoms with E-state index in [0.717, 1.165) is 22.5 Å². The average Bonchev–Trinajstić information content (AvgIpc) is 3.63. The van der Waals surface area contributed by atoms with Crippen molar-refractivity contribution < 1.29 is 0 Å². The van der Waals surface area contributed by atoms with Crippen LogP contribution in [-0.2, 0) is 5.41 Å². The van der Waals surface area contributed by atoms with Gasteiger partial charge in [-0.25, -0.2) is 15.0 Å². The molecular formula is C40H25N3S. The van der Waals surface area contributed by atoms with Gasteiger partial charge in [-0.2, -0.15) is 0 Å². The van der Waals surface area contributed by atoms with Crippen molar-refractivity contribution in [1.82, 2.24) is 15.0 Å². The average molecular weight is 580 g/mol. The molecule has 2 heterocycles. The Morgan fingerprint density at radius 3 is 1.75 bits per heavy atom. The summed E-state index contributed by atoms with van der Waals surface area (Å²) in [5.74, 6) is 2.07. The van der Waals surface area contributed by atoms with Gasteiger partial charge in [-0.05, 0) is 39.9 Å². The second kappa shape index (κ2) is 9.80. The molecule has 0 saturated carbocycles. The molecule has 0 atom stereocenters. The number of hydrogen-bond donors (Lipinski definition) is 0. The largest absolute Gasteiger partial charge is 0.211 e. The van der Waals surface area contributed by atoms with Gasteiger partial charge in [-0.1, -0.05) is 140 Å². The minimum Gasteiger partial charge on any atom is -0.211 e. The first-order chi connectivity index (χ1) is 21.8. The van der Waals surface area contributed by atoms with E-state index < -0.39 is 5.41 Å². The number of aromatic nitrogens is 3. The molecule has 4 heteroatoms. The quantitative estimate of drug-likeness (QED) is 0.208. The van der Waals surface area contributed by atoms with Gasteiger partial charge in [0, 0.05) is 31.3 Å². The summed E-state index contributed by atoms with van der Waals surface area (Å²) < 4.78 is 2.48. The molecular weight excluding hydrogens is 555 g/mol. The van der Waals surface area contributed by atoms with E-state index in [1.165, 1.54) is 42.4 Å². The van der Waals surface area contributed by atoms with Crippen molar-refractivity contribution in [2.45, 2.75) is 5.41 Å². The van der Waals surface area contributed by atoms with Gasteiger partial charge in [-0.15, -0.1) is 11.3 Å². The summed E-state index contributed by atoms with van der Waals surface area (Å²) in [7, 11) is 0. The van der Waals surface area contributed by atoms with Gasteiger partial charge in [0.15, 0.2) is 17.5 Å². The minimum absolute atomic E-state index is 0.666. The Hall–Kier alpha value is -5.45. The molecule has 1 aliphatic carbocycles. The van der Waals surface area contributed by atoms with Gasteiger partial charge in [0.1, 0.15) is 5.41 Å². The van der Waals surface area contributed by atoms with Gasteiger partial charge in [0.25, 0.3) is 0 Å². The standard InChI is InChI=1S/C40H25N3S/c1-3-14-26(15-4-1)37-41-38(31-21-13-25-35-36(31)30-20-9-12-24-34(30)44-35)43-39(42-37)40(27-16-5-2-6-17-27)32-22-10-7-18-28(32)29-19-8-11-23-33(29)40/h1-25H. The van der Waals surface area contributed by atoms with Gasteiger partial charge in [0.2, 0.25) is 0 Å². The highest BCUT2D eigenvalue weighted by Crippen LogP contribution is 2.55. The number of thiophene rings is 1. The lowest BCUT2D eigenvalue weighted by Crippen LogP contribution is -2.31. The highest BCUT2D eigenvalue weighted by molar-refractivity contribution is 7.25. The first kappa shape index (κ1) is 25.1. The molecule has 0 fully saturated rings. The first-order valence-corrected chi connectivity index (χ1v) is 15.6. The molecule has 44 heavy (non-hydrogen) atoms. The van der Waals surface area contributed by atoms with Gasteiger partial charge in [-0.3, -0.25) is 0 Å². The van der Waals surface area contributed by atoms with Crippen LogP contribution in [0, 0.1) is 0 Å². The fourth-order valence-electron chi connectivity index (χ4n) is 6.95. The maximum atomic E-state index is 5.48. The van der Waals surface area contributed by atoms with Crippen molar-refractivity contribution in [1.29, 1.82) is 0 Å². The fraction of sp³-hybridized carbons (Fsp3) is 0.0250. The molecule has 3 nitrogen and oxygen atoms in total. The Labute approximate surface area is 259 Å². The molecule has 0 bridgehead atoms. The van der Waals surface area contributed by atoms with Crippen LogP contribution in [0.5, 0.6) is 0 Å². The Balaban J connectivity index is 1.43. The molecule has 8 aromatic rings. The number of rotatable bonds is 4. The topological polar surface area (TPSA) is 38.7 Å². The first-order valence-electron chi connectivity index (χ1n) is 14.8. The number of nitrogens with zero attached hydrogens (tertiary/aromatic N) is 3. The van der Waals surface area contributed by atoms with E-state index in [2.05, 4.69) is 133 Å². The SMILES string of the molecule is c1ccc(-c2nc(-c3cccc4sc5ccccc5c34)nc(C3(c4ccccc4)c4ccccc4-c4ccccc43)n2)cc1. The van der Waals surface area contributed by atoms with Crippen LogP contribution in [0.4, 0.5) is 0 Å². The summed E-state index contributed by atoms with van der Waals surface area (Å²) in [5, 5.41) is 2.41. The van der Waals surface area contributed by atoms with Crippen LogP contribution in [0.3, 0.4) is 0 Å². The number of hydrogen-bond acceptors (Lipinski definition) is 4. The lowest BCUT2D eigenvalue weighted by molar-refractivity contribution is 0.692. The summed E-state index contributed by atoms with van der Waals surface area (Å²) in [5.41, 5.74) is 7.17. The van der Waals surface area contributed by atoms with Crippen LogP contribution in [0.15, 0.2) is 152 Å². The molecule has 0 amide bonds. The lowest BCUT2D eigenvalue weighted by Gasteiger charge is -2.32. The highest BCUT2D eigenvalue weighted by atomic mass is 32.1. The van der Waals surface area contributed by atoms with Crippen molar-refractivity contribution >= 4 is 31.5 Å².